The molecule has 0 spiro atoms. The van der Waals surface area contributed by atoms with Crippen LogP contribution in [0.25, 0.3) is 5.69 Å². The van der Waals surface area contributed by atoms with E-state index in [2.05, 4.69) is 15.5 Å². The number of aromatic nitrogens is 4. The number of nitrogens with zero attached hydrogens (tertiary/aromatic N) is 4. The van der Waals surface area contributed by atoms with Gasteiger partial charge in [-0.25, -0.2) is 9.36 Å². The predicted molar refractivity (Wildman–Crippen MR) is 119 cm³/mol. The Morgan fingerprint density at radius 3 is 2.37 bits per heavy atom. The predicted octanol–water partition coefficient (Wildman–Crippen LogP) is 4.36. The van der Waals surface area contributed by atoms with Crippen LogP contribution < -0.4 is 10.9 Å². The number of anilines is 1. The van der Waals surface area contributed by atoms with E-state index >= 15 is 0 Å². The standard InChI is InChI=1S/C23H22ClN5O/c1-16-20(17(2)29(27-16)19-11-7-4-8-12-19)13-25-21-14-26-28(23(30)22(21)24)15-18-9-5-3-6-10-18/h3-12,14,25H,13,15H2,1-2H3. The zero-order valence-electron chi connectivity index (χ0n) is 16.8. The van der Waals surface area contributed by atoms with Crippen LogP contribution in [0.5, 0.6) is 0 Å². The molecule has 2 aromatic heterocycles. The summed E-state index contributed by atoms with van der Waals surface area (Å²) >= 11 is 6.35. The Kier molecular flexibility index (Phi) is 5.68. The number of para-hydroxylation sites is 1. The summed E-state index contributed by atoms with van der Waals surface area (Å²) in [4.78, 5) is 12.6. The van der Waals surface area contributed by atoms with Gasteiger partial charge in [-0.2, -0.15) is 10.2 Å². The van der Waals surface area contributed by atoms with Crippen molar-refractivity contribution in [3.05, 3.63) is 105 Å². The summed E-state index contributed by atoms with van der Waals surface area (Å²) in [5.41, 5.74) is 5.20. The summed E-state index contributed by atoms with van der Waals surface area (Å²) in [5, 5.41) is 12.3. The summed E-state index contributed by atoms with van der Waals surface area (Å²) in [6.45, 7) is 4.87. The van der Waals surface area contributed by atoms with Crippen molar-refractivity contribution >= 4 is 17.3 Å². The second-order valence-electron chi connectivity index (χ2n) is 7.07. The molecule has 1 N–H and O–H groups in total. The van der Waals surface area contributed by atoms with E-state index in [9.17, 15) is 4.79 Å². The van der Waals surface area contributed by atoms with Crippen molar-refractivity contribution < 1.29 is 0 Å². The van der Waals surface area contributed by atoms with Gasteiger partial charge in [-0.15, -0.1) is 0 Å². The number of benzene rings is 2. The molecule has 7 heteroatoms. The van der Waals surface area contributed by atoms with Crippen LogP contribution in [-0.4, -0.2) is 19.6 Å². The minimum Gasteiger partial charge on any atom is -0.378 e. The largest absolute Gasteiger partial charge is 0.378 e. The fraction of sp³-hybridized carbons (Fsp3) is 0.174. The van der Waals surface area contributed by atoms with Crippen LogP contribution in [0.2, 0.25) is 5.02 Å². The highest BCUT2D eigenvalue weighted by Gasteiger charge is 2.15. The quantitative estimate of drug-likeness (QED) is 0.504. The third-order valence-electron chi connectivity index (χ3n) is 5.06. The van der Waals surface area contributed by atoms with Crippen molar-refractivity contribution in [1.29, 1.82) is 0 Å². The maximum Gasteiger partial charge on any atom is 0.287 e. The lowest BCUT2D eigenvalue weighted by atomic mass is 10.2. The first kappa shape index (κ1) is 19.9. The van der Waals surface area contributed by atoms with Gasteiger partial charge in [0.15, 0.2) is 0 Å². The molecule has 0 bridgehead atoms. The van der Waals surface area contributed by atoms with E-state index in [4.69, 9.17) is 11.6 Å². The van der Waals surface area contributed by atoms with Crippen LogP contribution in [0.4, 0.5) is 5.69 Å². The van der Waals surface area contributed by atoms with Gasteiger partial charge in [0.05, 0.1) is 29.8 Å². The maximum atomic E-state index is 12.6. The van der Waals surface area contributed by atoms with Crippen molar-refractivity contribution in [1.82, 2.24) is 19.6 Å². The Morgan fingerprint density at radius 2 is 1.67 bits per heavy atom. The molecule has 4 aromatic rings. The van der Waals surface area contributed by atoms with Gasteiger partial charge in [-0.1, -0.05) is 60.1 Å². The van der Waals surface area contributed by atoms with Crippen LogP contribution in [0, 0.1) is 13.8 Å². The minimum absolute atomic E-state index is 0.131. The summed E-state index contributed by atoms with van der Waals surface area (Å²) < 4.78 is 3.29. The molecule has 2 heterocycles. The Labute approximate surface area is 179 Å². The SMILES string of the molecule is Cc1nn(-c2ccccc2)c(C)c1CNc1cnn(Cc2ccccc2)c(=O)c1Cl. The third-order valence-corrected chi connectivity index (χ3v) is 5.42. The van der Waals surface area contributed by atoms with Crippen molar-refractivity contribution in [3.63, 3.8) is 0 Å². The van der Waals surface area contributed by atoms with E-state index in [1.54, 1.807) is 6.20 Å². The first-order chi connectivity index (χ1) is 14.5. The van der Waals surface area contributed by atoms with E-state index in [1.165, 1.54) is 4.68 Å². The van der Waals surface area contributed by atoms with Crippen molar-refractivity contribution in [2.24, 2.45) is 0 Å². The number of aryl methyl sites for hydroxylation is 1. The average Bonchev–Trinajstić information content (AvgIpc) is 3.06. The van der Waals surface area contributed by atoms with Crippen LogP contribution >= 0.6 is 11.6 Å². The third kappa shape index (κ3) is 4.00. The molecule has 2 aromatic carbocycles. The summed E-state index contributed by atoms with van der Waals surface area (Å²) in [6.07, 6.45) is 1.60. The van der Waals surface area contributed by atoms with Crippen LogP contribution in [0.15, 0.2) is 71.7 Å². The lowest BCUT2D eigenvalue weighted by molar-refractivity contribution is 0.640. The molecule has 0 saturated heterocycles. The van der Waals surface area contributed by atoms with Gasteiger partial charge >= 0.3 is 0 Å². The molecule has 6 nitrogen and oxygen atoms in total. The first-order valence-electron chi connectivity index (χ1n) is 9.68. The number of rotatable bonds is 6. The number of hydrogen-bond donors (Lipinski definition) is 1. The van der Waals surface area contributed by atoms with Gasteiger partial charge in [-0.3, -0.25) is 4.79 Å². The molecule has 0 saturated carbocycles. The van der Waals surface area contributed by atoms with Crippen LogP contribution in [0.1, 0.15) is 22.5 Å². The van der Waals surface area contributed by atoms with E-state index in [0.29, 0.717) is 18.8 Å². The van der Waals surface area contributed by atoms with Crippen molar-refractivity contribution in [2.45, 2.75) is 26.9 Å². The molecule has 152 valence electrons. The molecule has 0 aliphatic rings. The van der Waals surface area contributed by atoms with E-state index in [1.807, 2.05) is 79.2 Å². The fourth-order valence-electron chi connectivity index (χ4n) is 3.39. The Balaban J connectivity index is 1.54. The van der Waals surface area contributed by atoms with Gasteiger partial charge in [0.25, 0.3) is 5.56 Å². The van der Waals surface area contributed by atoms with Crippen molar-refractivity contribution in [3.8, 4) is 5.69 Å². The highest BCUT2D eigenvalue weighted by Crippen LogP contribution is 2.21. The van der Waals surface area contributed by atoms with E-state index in [-0.39, 0.29) is 10.6 Å². The molecular weight excluding hydrogens is 398 g/mol. The maximum absolute atomic E-state index is 12.6. The van der Waals surface area contributed by atoms with E-state index < -0.39 is 0 Å². The molecule has 0 aliphatic carbocycles. The lowest BCUT2D eigenvalue weighted by Crippen LogP contribution is -2.24. The summed E-state index contributed by atoms with van der Waals surface area (Å²) in [7, 11) is 0. The summed E-state index contributed by atoms with van der Waals surface area (Å²) in [6, 6.07) is 19.7. The Bertz CT molecular complexity index is 1220. The second kappa shape index (κ2) is 8.55. The van der Waals surface area contributed by atoms with Gasteiger partial charge in [0.1, 0.15) is 5.02 Å². The monoisotopic (exact) mass is 419 g/mol. The number of hydrogen-bond acceptors (Lipinski definition) is 4. The van der Waals surface area contributed by atoms with Gasteiger partial charge in [-0.05, 0) is 31.5 Å². The zero-order chi connectivity index (χ0) is 21.1. The Hall–Kier alpha value is -3.38. The lowest BCUT2D eigenvalue weighted by Gasteiger charge is -2.11. The van der Waals surface area contributed by atoms with Gasteiger partial charge < -0.3 is 5.32 Å². The highest BCUT2D eigenvalue weighted by molar-refractivity contribution is 6.32. The molecule has 30 heavy (non-hydrogen) atoms. The molecule has 4 rings (SSSR count). The van der Waals surface area contributed by atoms with E-state index in [0.717, 1.165) is 28.2 Å². The Morgan fingerprint density at radius 1 is 1.00 bits per heavy atom. The molecule has 0 fully saturated rings. The molecule has 0 aliphatic heterocycles. The fourth-order valence-corrected chi connectivity index (χ4v) is 3.61. The smallest absolute Gasteiger partial charge is 0.287 e. The zero-order valence-corrected chi connectivity index (χ0v) is 17.6. The normalized spacial score (nSPS) is 10.9. The minimum atomic E-state index is -0.320. The van der Waals surface area contributed by atoms with Gasteiger partial charge in [0.2, 0.25) is 0 Å². The molecule has 0 radical (unpaired) electrons. The van der Waals surface area contributed by atoms with Crippen LogP contribution in [-0.2, 0) is 13.1 Å². The molecule has 0 atom stereocenters. The molecule has 0 unspecified atom stereocenters. The topological polar surface area (TPSA) is 64.7 Å². The number of nitrogens with one attached hydrogen (secondary N) is 1. The average molecular weight is 420 g/mol. The van der Waals surface area contributed by atoms with Crippen LogP contribution in [0.3, 0.4) is 0 Å². The highest BCUT2D eigenvalue weighted by atomic mass is 35.5. The first-order valence-corrected chi connectivity index (χ1v) is 10.1. The summed E-state index contributed by atoms with van der Waals surface area (Å²) in [5.74, 6) is 0. The van der Waals surface area contributed by atoms with Gasteiger partial charge in [0, 0.05) is 17.8 Å². The number of halogens is 1. The van der Waals surface area contributed by atoms with Crippen molar-refractivity contribution in [2.75, 3.05) is 5.32 Å². The second-order valence-corrected chi connectivity index (χ2v) is 7.45. The molecule has 0 amide bonds. The molecular formula is C23H22ClN5O.